The number of aliphatic hydroxyl groups is 1. The van der Waals surface area contributed by atoms with Crippen LogP contribution in [0.3, 0.4) is 0 Å². The van der Waals surface area contributed by atoms with Gasteiger partial charge in [0.1, 0.15) is 0 Å². The van der Waals surface area contributed by atoms with Gasteiger partial charge in [-0.2, -0.15) is 0 Å². The van der Waals surface area contributed by atoms with Crippen molar-refractivity contribution in [3.05, 3.63) is 18.2 Å². The fraction of sp³-hybridized carbons (Fsp3) is 0.588. The lowest BCUT2D eigenvalue weighted by atomic mass is 9.91. The van der Waals surface area contributed by atoms with Crippen LogP contribution in [-0.4, -0.2) is 49.6 Å². The maximum absolute atomic E-state index is 10.4. The van der Waals surface area contributed by atoms with Crippen molar-refractivity contribution in [1.29, 1.82) is 0 Å². The highest BCUT2D eigenvalue weighted by Crippen LogP contribution is 2.32. The van der Waals surface area contributed by atoms with Gasteiger partial charge in [0.25, 0.3) is 0 Å². The molecular weight excluding hydrogens is 437 g/mol. The fourth-order valence-electron chi connectivity index (χ4n) is 2.81. The molecule has 1 aromatic rings. The fourth-order valence-corrected chi connectivity index (χ4v) is 2.81. The van der Waals surface area contributed by atoms with Gasteiger partial charge in [0.05, 0.1) is 18.8 Å². The largest absolute Gasteiger partial charge is 0.490 e. The number of nitrogens with zero attached hydrogens (tertiary/aromatic N) is 1. The lowest BCUT2D eigenvalue weighted by molar-refractivity contribution is -0.0662. The van der Waals surface area contributed by atoms with Crippen molar-refractivity contribution in [3.8, 4) is 11.5 Å². The molecule has 2 aliphatic rings. The van der Waals surface area contributed by atoms with Crippen LogP contribution < -0.4 is 20.5 Å². The van der Waals surface area contributed by atoms with E-state index in [-0.39, 0.29) is 24.0 Å². The van der Waals surface area contributed by atoms with Gasteiger partial charge in [-0.3, -0.25) is 4.99 Å². The first-order chi connectivity index (χ1) is 11.6. The molecule has 0 radical (unpaired) electrons. The normalized spacial score (nSPS) is 19.5. The number of guanidine groups is 1. The van der Waals surface area contributed by atoms with E-state index in [2.05, 4.69) is 10.3 Å². The van der Waals surface area contributed by atoms with Crippen LogP contribution in [0.5, 0.6) is 11.5 Å². The summed E-state index contributed by atoms with van der Waals surface area (Å²) in [6.45, 7) is 2.98. The molecule has 4 N–H and O–H groups in total. The number of ether oxygens (including phenoxy) is 3. The molecule has 2 heterocycles. The van der Waals surface area contributed by atoms with Gasteiger partial charge in [0.15, 0.2) is 17.5 Å². The summed E-state index contributed by atoms with van der Waals surface area (Å²) in [5.41, 5.74) is 6.05. The third kappa shape index (κ3) is 5.89. The number of fused-ring (bicyclic) bond motifs is 1. The van der Waals surface area contributed by atoms with Crippen molar-refractivity contribution in [2.24, 2.45) is 10.7 Å². The minimum Gasteiger partial charge on any atom is -0.490 e. The topological polar surface area (TPSA) is 98.3 Å². The Kier molecular flexibility index (Phi) is 7.57. The van der Waals surface area contributed by atoms with Gasteiger partial charge in [-0.05, 0) is 31.4 Å². The predicted octanol–water partition coefficient (Wildman–Crippen LogP) is 2.12. The second-order valence-corrected chi connectivity index (χ2v) is 6.19. The van der Waals surface area contributed by atoms with Crippen LogP contribution in [0.1, 0.15) is 25.7 Å². The smallest absolute Gasteiger partial charge is 0.193 e. The summed E-state index contributed by atoms with van der Waals surface area (Å²) in [4.78, 5) is 4.30. The summed E-state index contributed by atoms with van der Waals surface area (Å²) >= 11 is 0. The molecule has 8 heteroatoms. The molecule has 0 bridgehead atoms. The minimum absolute atomic E-state index is 0. The maximum Gasteiger partial charge on any atom is 0.193 e. The maximum atomic E-state index is 10.4. The van der Waals surface area contributed by atoms with E-state index in [4.69, 9.17) is 19.9 Å². The number of hydrogen-bond donors (Lipinski definition) is 3. The van der Waals surface area contributed by atoms with E-state index in [0.29, 0.717) is 63.9 Å². The van der Waals surface area contributed by atoms with E-state index in [0.717, 1.165) is 17.9 Å². The molecule has 0 spiro atoms. The summed E-state index contributed by atoms with van der Waals surface area (Å²) in [5.74, 6) is 1.78. The van der Waals surface area contributed by atoms with Crippen molar-refractivity contribution in [1.82, 2.24) is 0 Å². The highest BCUT2D eigenvalue weighted by atomic mass is 127. The SMILES string of the molecule is I.NC(=NCCC1(O)CCOCC1)Nc1ccc2c(c1)OCCCO2. The van der Waals surface area contributed by atoms with E-state index in [9.17, 15) is 5.11 Å². The Balaban J connectivity index is 0.00000225. The molecule has 0 saturated carbocycles. The molecule has 0 unspecified atom stereocenters. The Morgan fingerprint density at radius 3 is 2.64 bits per heavy atom. The molecule has 0 atom stereocenters. The summed E-state index contributed by atoms with van der Waals surface area (Å²) < 4.78 is 16.5. The van der Waals surface area contributed by atoms with E-state index < -0.39 is 5.60 Å². The number of nitrogens with two attached hydrogens (primary N) is 1. The molecule has 1 fully saturated rings. The van der Waals surface area contributed by atoms with E-state index in [1.165, 1.54) is 0 Å². The minimum atomic E-state index is -0.683. The summed E-state index contributed by atoms with van der Waals surface area (Å²) in [6, 6.07) is 5.60. The first-order valence-electron chi connectivity index (χ1n) is 8.41. The molecule has 1 aromatic carbocycles. The van der Waals surface area contributed by atoms with Crippen molar-refractivity contribution < 1.29 is 19.3 Å². The third-order valence-electron chi connectivity index (χ3n) is 4.30. The average molecular weight is 463 g/mol. The molecular formula is C17H26IN3O4. The molecule has 140 valence electrons. The Morgan fingerprint density at radius 1 is 1.16 bits per heavy atom. The van der Waals surface area contributed by atoms with Crippen molar-refractivity contribution in [3.63, 3.8) is 0 Å². The quantitative estimate of drug-likeness (QED) is 0.360. The number of hydrogen-bond acceptors (Lipinski definition) is 5. The van der Waals surface area contributed by atoms with Crippen LogP contribution in [0.25, 0.3) is 0 Å². The van der Waals surface area contributed by atoms with Crippen LogP contribution in [0.2, 0.25) is 0 Å². The average Bonchev–Trinajstić information content (AvgIpc) is 2.80. The van der Waals surface area contributed by atoms with E-state index in [1.807, 2.05) is 18.2 Å². The zero-order valence-corrected chi connectivity index (χ0v) is 16.5. The van der Waals surface area contributed by atoms with Gasteiger partial charge in [-0.25, -0.2) is 0 Å². The highest BCUT2D eigenvalue weighted by Gasteiger charge is 2.28. The van der Waals surface area contributed by atoms with Gasteiger partial charge < -0.3 is 30.4 Å². The Bertz CT molecular complexity index is 591. The van der Waals surface area contributed by atoms with Crippen LogP contribution in [-0.2, 0) is 4.74 Å². The molecule has 0 amide bonds. The first-order valence-corrected chi connectivity index (χ1v) is 8.41. The van der Waals surface area contributed by atoms with Crippen molar-refractivity contribution in [2.45, 2.75) is 31.3 Å². The van der Waals surface area contributed by atoms with Crippen molar-refractivity contribution >= 4 is 35.6 Å². The molecule has 25 heavy (non-hydrogen) atoms. The van der Waals surface area contributed by atoms with Crippen LogP contribution in [0.15, 0.2) is 23.2 Å². The van der Waals surface area contributed by atoms with Gasteiger partial charge in [-0.15, -0.1) is 24.0 Å². The zero-order chi connectivity index (χ0) is 16.8. The molecule has 1 saturated heterocycles. The number of benzene rings is 1. The third-order valence-corrected chi connectivity index (χ3v) is 4.30. The summed E-state index contributed by atoms with van der Waals surface area (Å²) in [6.07, 6.45) is 2.75. The van der Waals surface area contributed by atoms with Gasteiger partial charge >= 0.3 is 0 Å². The Morgan fingerprint density at radius 2 is 1.88 bits per heavy atom. The number of halogens is 1. The lowest BCUT2D eigenvalue weighted by Crippen LogP contribution is -2.37. The van der Waals surface area contributed by atoms with Gasteiger partial charge in [0, 0.05) is 37.9 Å². The molecule has 0 aliphatic carbocycles. The highest BCUT2D eigenvalue weighted by molar-refractivity contribution is 14.0. The van der Waals surface area contributed by atoms with Crippen LogP contribution >= 0.6 is 24.0 Å². The second kappa shape index (κ2) is 9.44. The molecule has 0 aromatic heterocycles. The Hall–Kier alpha value is -1.26. The monoisotopic (exact) mass is 463 g/mol. The van der Waals surface area contributed by atoms with Crippen LogP contribution in [0.4, 0.5) is 5.69 Å². The number of anilines is 1. The Labute approximate surface area is 164 Å². The van der Waals surface area contributed by atoms with Crippen molar-refractivity contribution in [2.75, 3.05) is 38.3 Å². The summed E-state index contributed by atoms with van der Waals surface area (Å²) in [5, 5.41) is 13.4. The number of aliphatic imine (C=N–C) groups is 1. The molecule has 3 rings (SSSR count). The van der Waals surface area contributed by atoms with E-state index >= 15 is 0 Å². The first kappa shape index (κ1) is 20.1. The molecule has 2 aliphatic heterocycles. The number of rotatable bonds is 4. The summed E-state index contributed by atoms with van der Waals surface area (Å²) in [7, 11) is 0. The zero-order valence-electron chi connectivity index (χ0n) is 14.2. The van der Waals surface area contributed by atoms with Gasteiger partial charge in [-0.1, -0.05) is 0 Å². The standard InChI is InChI=1S/C17H25N3O4.HI/c18-16(19-7-4-17(21)5-10-22-11-6-17)20-13-2-3-14-15(12-13)24-9-1-8-23-14;/h2-3,12,21H,1,4-11H2,(H3,18,19,20);1H. The van der Waals surface area contributed by atoms with Gasteiger partial charge in [0.2, 0.25) is 0 Å². The lowest BCUT2D eigenvalue weighted by Gasteiger charge is -2.31. The van der Waals surface area contributed by atoms with Crippen LogP contribution in [0, 0.1) is 0 Å². The second-order valence-electron chi connectivity index (χ2n) is 6.19. The predicted molar refractivity (Wildman–Crippen MR) is 107 cm³/mol. The van der Waals surface area contributed by atoms with E-state index in [1.54, 1.807) is 0 Å². The molecule has 7 nitrogen and oxygen atoms in total. The number of nitrogens with one attached hydrogen (secondary N) is 1.